The maximum Gasteiger partial charge on any atom is 0.346 e. The first-order chi connectivity index (χ1) is 9.09. The van der Waals surface area contributed by atoms with Gasteiger partial charge < -0.3 is 10.6 Å². The molecule has 0 bridgehead atoms. The number of anilines is 1. The number of rotatable bonds is 4. The lowest BCUT2D eigenvalue weighted by Gasteiger charge is -2.22. The number of nitrogens with one attached hydrogen (secondary N) is 2. The van der Waals surface area contributed by atoms with E-state index in [9.17, 15) is 9.59 Å². The average Bonchev–Trinajstić information content (AvgIpc) is 2.43. The molecule has 1 saturated heterocycles. The van der Waals surface area contributed by atoms with E-state index in [4.69, 9.17) is 0 Å². The van der Waals surface area contributed by atoms with Crippen LogP contribution in [0.15, 0.2) is 9.59 Å². The van der Waals surface area contributed by atoms with Crippen molar-refractivity contribution in [3.05, 3.63) is 20.8 Å². The van der Waals surface area contributed by atoms with E-state index in [1.54, 1.807) is 0 Å². The summed E-state index contributed by atoms with van der Waals surface area (Å²) in [5.41, 5.74) is -0.781. The molecule has 0 aliphatic carbocycles. The average molecular weight is 267 g/mol. The predicted octanol–water partition coefficient (Wildman–Crippen LogP) is -0.719. The summed E-state index contributed by atoms with van der Waals surface area (Å²) in [4.78, 5) is 23.3. The molecule has 2 N–H and O–H groups in total. The van der Waals surface area contributed by atoms with Crippen molar-refractivity contribution in [1.29, 1.82) is 0 Å². The maximum atomic E-state index is 11.8. The molecular formula is C12H21N5O2. The Balaban J connectivity index is 1.96. The second-order valence-electron chi connectivity index (χ2n) is 5.05. The zero-order valence-electron chi connectivity index (χ0n) is 11.5. The topological polar surface area (TPSA) is 81.0 Å². The van der Waals surface area contributed by atoms with E-state index >= 15 is 0 Å². The molecule has 1 fully saturated rings. The molecule has 106 valence electrons. The summed E-state index contributed by atoms with van der Waals surface area (Å²) in [7, 11) is 3.00. The Bertz CT molecular complexity index is 542. The SMILES string of the molecule is Cn1nc(NCCC2CCCNC2)c(=O)n(C)c1=O. The molecule has 7 heteroatoms. The van der Waals surface area contributed by atoms with Crippen molar-refractivity contribution in [2.75, 3.05) is 25.0 Å². The van der Waals surface area contributed by atoms with Crippen LogP contribution in [0.1, 0.15) is 19.3 Å². The lowest BCUT2D eigenvalue weighted by molar-refractivity contribution is 0.364. The second-order valence-corrected chi connectivity index (χ2v) is 5.05. The third-order valence-electron chi connectivity index (χ3n) is 3.56. The van der Waals surface area contributed by atoms with Crippen LogP contribution in [-0.4, -0.2) is 34.0 Å². The van der Waals surface area contributed by atoms with Gasteiger partial charge in [0.25, 0.3) is 5.56 Å². The van der Waals surface area contributed by atoms with Crippen LogP contribution in [0.3, 0.4) is 0 Å². The van der Waals surface area contributed by atoms with Gasteiger partial charge in [0.05, 0.1) is 0 Å². The summed E-state index contributed by atoms with van der Waals surface area (Å²) in [5, 5.41) is 10.4. The lowest BCUT2D eigenvalue weighted by Crippen LogP contribution is -2.40. The summed E-state index contributed by atoms with van der Waals surface area (Å²) in [6, 6.07) is 0. The van der Waals surface area contributed by atoms with Crippen LogP contribution in [0, 0.1) is 5.92 Å². The summed E-state index contributed by atoms with van der Waals surface area (Å²) < 4.78 is 2.24. The standard InChI is InChI=1S/C12H21N5O2/c1-16-11(18)10(15-17(2)12(16)19)14-7-5-9-4-3-6-13-8-9/h9,13H,3-8H2,1-2H3,(H,14,15). The Morgan fingerprint density at radius 3 is 2.89 bits per heavy atom. The Labute approximate surface area is 111 Å². The number of nitrogens with zero attached hydrogens (tertiary/aromatic N) is 3. The number of aryl methyl sites for hydroxylation is 1. The molecule has 1 atom stereocenters. The zero-order chi connectivity index (χ0) is 13.8. The van der Waals surface area contributed by atoms with Crippen LogP contribution in [0.2, 0.25) is 0 Å². The molecule has 7 nitrogen and oxygen atoms in total. The van der Waals surface area contributed by atoms with Gasteiger partial charge in [-0.1, -0.05) is 0 Å². The van der Waals surface area contributed by atoms with Gasteiger partial charge in [-0.15, -0.1) is 5.10 Å². The van der Waals surface area contributed by atoms with Crippen LogP contribution in [0.4, 0.5) is 5.82 Å². The van der Waals surface area contributed by atoms with Crippen LogP contribution in [0.25, 0.3) is 0 Å². The highest BCUT2D eigenvalue weighted by Crippen LogP contribution is 2.13. The molecule has 2 rings (SSSR count). The quantitative estimate of drug-likeness (QED) is 0.752. The van der Waals surface area contributed by atoms with Gasteiger partial charge in [0.15, 0.2) is 0 Å². The van der Waals surface area contributed by atoms with Crippen LogP contribution < -0.4 is 21.9 Å². The lowest BCUT2D eigenvalue weighted by atomic mass is 9.96. The molecule has 0 saturated carbocycles. The fourth-order valence-corrected chi connectivity index (χ4v) is 2.37. The van der Waals surface area contributed by atoms with Crippen molar-refractivity contribution >= 4 is 5.82 Å². The van der Waals surface area contributed by atoms with E-state index in [0.717, 1.165) is 24.1 Å². The van der Waals surface area contributed by atoms with Crippen LogP contribution in [0.5, 0.6) is 0 Å². The number of piperidine rings is 1. The minimum Gasteiger partial charge on any atom is -0.364 e. The van der Waals surface area contributed by atoms with E-state index in [-0.39, 0.29) is 11.4 Å². The first-order valence-electron chi connectivity index (χ1n) is 6.68. The third kappa shape index (κ3) is 3.23. The highest BCUT2D eigenvalue weighted by molar-refractivity contribution is 5.29. The minimum atomic E-state index is -0.410. The molecule has 0 radical (unpaired) electrons. The molecular weight excluding hydrogens is 246 g/mol. The summed E-state index contributed by atoms with van der Waals surface area (Å²) in [6.45, 7) is 2.85. The molecule has 2 heterocycles. The largest absolute Gasteiger partial charge is 0.364 e. The Kier molecular flexibility index (Phi) is 4.36. The van der Waals surface area contributed by atoms with E-state index in [1.807, 2.05) is 0 Å². The van der Waals surface area contributed by atoms with Crippen molar-refractivity contribution < 1.29 is 0 Å². The highest BCUT2D eigenvalue weighted by Gasteiger charge is 2.13. The normalized spacial score (nSPS) is 19.4. The van der Waals surface area contributed by atoms with E-state index in [0.29, 0.717) is 12.5 Å². The molecule has 0 aromatic carbocycles. The van der Waals surface area contributed by atoms with Crippen molar-refractivity contribution in [1.82, 2.24) is 19.7 Å². The number of hydrogen-bond donors (Lipinski definition) is 2. The smallest absolute Gasteiger partial charge is 0.346 e. The van der Waals surface area contributed by atoms with Gasteiger partial charge in [-0.05, 0) is 38.3 Å². The van der Waals surface area contributed by atoms with Crippen molar-refractivity contribution in [3.63, 3.8) is 0 Å². The van der Waals surface area contributed by atoms with E-state index < -0.39 is 5.69 Å². The Morgan fingerprint density at radius 2 is 2.21 bits per heavy atom. The van der Waals surface area contributed by atoms with Gasteiger partial charge in [-0.3, -0.25) is 9.36 Å². The number of aromatic nitrogens is 3. The summed E-state index contributed by atoms with van der Waals surface area (Å²) >= 11 is 0. The minimum absolute atomic E-state index is 0.244. The van der Waals surface area contributed by atoms with Crippen LogP contribution in [-0.2, 0) is 14.1 Å². The Hall–Kier alpha value is -1.63. The highest BCUT2D eigenvalue weighted by atomic mass is 16.2. The predicted molar refractivity (Wildman–Crippen MR) is 73.4 cm³/mol. The van der Waals surface area contributed by atoms with Gasteiger partial charge in [-0.2, -0.15) is 0 Å². The fraction of sp³-hybridized carbons (Fsp3) is 0.750. The molecule has 1 unspecified atom stereocenters. The number of hydrogen-bond acceptors (Lipinski definition) is 5. The molecule has 19 heavy (non-hydrogen) atoms. The third-order valence-corrected chi connectivity index (χ3v) is 3.56. The van der Waals surface area contributed by atoms with E-state index in [1.165, 1.54) is 31.6 Å². The van der Waals surface area contributed by atoms with Crippen LogP contribution >= 0.6 is 0 Å². The summed E-state index contributed by atoms with van der Waals surface area (Å²) in [6.07, 6.45) is 3.44. The zero-order valence-corrected chi connectivity index (χ0v) is 11.5. The summed E-state index contributed by atoms with van der Waals surface area (Å²) in [5.74, 6) is 0.894. The first kappa shape index (κ1) is 13.8. The van der Waals surface area contributed by atoms with Crippen molar-refractivity contribution in [3.8, 4) is 0 Å². The van der Waals surface area contributed by atoms with Crippen molar-refractivity contribution in [2.45, 2.75) is 19.3 Å². The monoisotopic (exact) mass is 267 g/mol. The van der Waals surface area contributed by atoms with Gasteiger partial charge in [0, 0.05) is 20.6 Å². The van der Waals surface area contributed by atoms with Gasteiger partial charge in [0.1, 0.15) is 0 Å². The molecule has 1 aliphatic rings. The first-order valence-corrected chi connectivity index (χ1v) is 6.68. The fourth-order valence-electron chi connectivity index (χ4n) is 2.37. The molecule has 0 spiro atoms. The molecule has 1 aromatic rings. The van der Waals surface area contributed by atoms with Gasteiger partial charge in [-0.25, -0.2) is 9.48 Å². The van der Waals surface area contributed by atoms with Gasteiger partial charge >= 0.3 is 5.69 Å². The molecule has 1 aliphatic heterocycles. The molecule has 0 amide bonds. The maximum absolute atomic E-state index is 11.8. The van der Waals surface area contributed by atoms with Crippen molar-refractivity contribution in [2.24, 2.45) is 20.0 Å². The Morgan fingerprint density at radius 1 is 1.42 bits per heavy atom. The second kappa shape index (κ2) is 6.01. The molecule has 1 aromatic heterocycles. The van der Waals surface area contributed by atoms with Gasteiger partial charge in [0.2, 0.25) is 5.82 Å². The van der Waals surface area contributed by atoms with E-state index in [2.05, 4.69) is 15.7 Å².